The molecule has 1 fully saturated rings. The molecule has 0 radical (unpaired) electrons. The molecular formula is C29H29N3O2. The van der Waals surface area contributed by atoms with Crippen LogP contribution in [-0.2, 0) is 4.74 Å². The third-order valence-electron chi connectivity index (χ3n) is 6.64. The van der Waals surface area contributed by atoms with E-state index in [2.05, 4.69) is 58.4 Å². The van der Waals surface area contributed by atoms with Crippen molar-refractivity contribution in [1.82, 2.24) is 14.8 Å². The summed E-state index contributed by atoms with van der Waals surface area (Å²) in [6.07, 6.45) is 3.50. The molecule has 34 heavy (non-hydrogen) atoms. The van der Waals surface area contributed by atoms with Gasteiger partial charge in [-0.05, 0) is 16.5 Å². The Morgan fingerprint density at radius 2 is 1.56 bits per heavy atom. The van der Waals surface area contributed by atoms with Crippen molar-refractivity contribution < 1.29 is 9.53 Å². The van der Waals surface area contributed by atoms with Gasteiger partial charge in [-0.2, -0.15) is 0 Å². The van der Waals surface area contributed by atoms with Gasteiger partial charge in [-0.3, -0.25) is 14.7 Å². The van der Waals surface area contributed by atoms with Crippen LogP contribution in [0.25, 0.3) is 10.8 Å². The van der Waals surface area contributed by atoms with Crippen LogP contribution in [-0.4, -0.2) is 60.1 Å². The summed E-state index contributed by atoms with van der Waals surface area (Å²) < 4.78 is 5.65. The molecule has 4 aromatic rings. The highest BCUT2D eigenvalue weighted by Gasteiger charge is 2.35. The fourth-order valence-corrected chi connectivity index (χ4v) is 5.04. The second-order valence-corrected chi connectivity index (χ2v) is 8.73. The molecule has 1 aromatic heterocycles. The van der Waals surface area contributed by atoms with Crippen LogP contribution in [0.1, 0.15) is 27.5 Å². The first-order chi connectivity index (χ1) is 16.8. The predicted molar refractivity (Wildman–Crippen MR) is 135 cm³/mol. The second-order valence-electron chi connectivity index (χ2n) is 8.73. The zero-order valence-corrected chi connectivity index (χ0v) is 19.4. The molecule has 0 spiro atoms. The summed E-state index contributed by atoms with van der Waals surface area (Å²) in [6, 6.07) is 29.3. The van der Waals surface area contributed by atoms with Gasteiger partial charge in [-0.15, -0.1) is 0 Å². The lowest BCUT2D eigenvalue weighted by molar-refractivity contribution is 0.00975. The van der Waals surface area contributed by atoms with Crippen LogP contribution in [0.2, 0.25) is 0 Å². The smallest absolute Gasteiger partial charge is 0.256 e. The monoisotopic (exact) mass is 451 g/mol. The molecule has 5 rings (SSSR count). The summed E-state index contributed by atoms with van der Waals surface area (Å²) in [7, 11) is 1.73. The number of aromatic nitrogens is 1. The molecule has 5 heteroatoms. The van der Waals surface area contributed by atoms with Crippen molar-refractivity contribution in [1.29, 1.82) is 0 Å². The van der Waals surface area contributed by atoms with E-state index in [-0.39, 0.29) is 18.0 Å². The number of amides is 1. The first kappa shape index (κ1) is 22.3. The highest BCUT2D eigenvalue weighted by Crippen LogP contribution is 2.32. The Kier molecular flexibility index (Phi) is 6.65. The zero-order chi connectivity index (χ0) is 23.3. The summed E-state index contributed by atoms with van der Waals surface area (Å²) in [5.41, 5.74) is 3.14. The molecule has 5 nitrogen and oxygen atoms in total. The van der Waals surface area contributed by atoms with Crippen molar-refractivity contribution in [3.8, 4) is 0 Å². The van der Waals surface area contributed by atoms with Crippen molar-refractivity contribution >= 4 is 16.7 Å². The molecule has 1 aliphatic heterocycles. The zero-order valence-electron chi connectivity index (χ0n) is 19.4. The Bertz CT molecular complexity index is 1200. The summed E-state index contributed by atoms with van der Waals surface area (Å²) >= 11 is 0. The van der Waals surface area contributed by atoms with Gasteiger partial charge >= 0.3 is 0 Å². The number of fused-ring (bicyclic) bond motifs is 1. The van der Waals surface area contributed by atoms with Gasteiger partial charge in [-0.25, -0.2) is 0 Å². The van der Waals surface area contributed by atoms with Gasteiger partial charge in [0.25, 0.3) is 5.91 Å². The van der Waals surface area contributed by atoms with Crippen LogP contribution in [0.3, 0.4) is 0 Å². The minimum Gasteiger partial charge on any atom is -0.383 e. The lowest BCUT2D eigenvalue weighted by Crippen LogP contribution is -2.57. The molecule has 1 saturated heterocycles. The van der Waals surface area contributed by atoms with Gasteiger partial charge in [-0.1, -0.05) is 84.9 Å². The number of carbonyl (C=O) groups excluding carboxylic acids is 1. The van der Waals surface area contributed by atoms with E-state index in [1.165, 1.54) is 11.1 Å². The maximum absolute atomic E-state index is 13.6. The number of nitrogens with zero attached hydrogens (tertiary/aromatic N) is 3. The summed E-state index contributed by atoms with van der Waals surface area (Å²) in [5.74, 6) is 0.0287. The van der Waals surface area contributed by atoms with Gasteiger partial charge in [0.15, 0.2) is 0 Å². The number of hydrogen-bond acceptors (Lipinski definition) is 4. The first-order valence-corrected chi connectivity index (χ1v) is 11.7. The standard InChI is InChI=1S/C29H29N3O2/c1-34-21-25-20-31(29(33)27-19-30-18-24-14-8-9-15-26(24)27)16-17-32(25)28(22-10-4-2-5-11-22)23-12-6-3-7-13-23/h2-15,18-19,25,28H,16-17,20-21H2,1H3/t25-/m1/s1. The van der Waals surface area contributed by atoms with Gasteiger partial charge in [0.2, 0.25) is 0 Å². The number of rotatable bonds is 6. The number of pyridine rings is 1. The molecule has 1 aliphatic rings. The van der Waals surface area contributed by atoms with E-state index in [0.29, 0.717) is 25.3 Å². The second kappa shape index (κ2) is 10.2. The Labute approximate surface area is 200 Å². The third-order valence-corrected chi connectivity index (χ3v) is 6.64. The number of benzene rings is 3. The normalized spacial score (nSPS) is 16.8. The van der Waals surface area contributed by atoms with E-state index < -0.39 is 0 Å². The Balaban J connectivity index is 1.45. The highest BCUT2D eigenvalue weighted by molar-refractivity contribution is 6.06. The van der Waals surface area contributed by atoms with E-state index in [4.69, 9.17) is 4.74 Å². The van der Waals surface area contributed by atoms with Crippen LogP contribution in [0.5, 0.6) is 0 Å². The molecule has 0 N–H and O–H groups in total. The molecule has 172 valence electrons. The molecular weight excluding hydrogens is 422 g/mol. The molecule has 0 aliphatic carbocycles. The largest absolute Gasteiger partial charge is 0.383 e. The Morgan fingerprint density at radius 3 is 2.24 bits per heavy atom. The maximum atomic E-state index is 13.6. The van der Waals surface area contributed by atoms with Crippen molar-refractivity contribution in [3.05, 3.63) is 114 Å². The van der Waals surface area contributed by atoms with Gasteiger partial charge < -0.3 is 9.64 Å². The van der Waals surface area contributed by atoms with E-state index in [1.54, 1.807) is 13.3 Å². The van der Waals surface area contributed by atoms with Crippen LogP contribution in [0, 0.1) is 0 Å². The maximum Gasteiger partial charge on any atom is 0.256 e. The molecule has 1 amide bonds. The van der Waals surface area contributed by atoms with Crippen LogP contribution in [0.15, 0.2) is 97.3 Å². The average Bonchev–Trinajstić information content (AvgIpc) is 2.90. The van der Waals surface area contributed by atoms with Gasteiger partial charge in [0, 0.05) is 44.5 Å². The average molecular weight is 452 g/mol. The quantitative estimate of drug-likeness (QED) is 0.423. The van der Waals surface area contributed by atoms with Crippen molar-refractivity contribution in [2.45, 2.75) is 12.1 Å². The number of carbonyl (C=O) groups is 1. The third kappa shape index (κ3) is 4.45. The molecule has 0 bridgehead atoms. The van der Waals surface area contributed by atoms with E-state index in [9.17, 15) is 4.79 Å². The number of methoxy groups -OCH3 is 1. The summed E-state index contributed by atoms with van der Waals surface area (Å²) in [6.45, 7) is 2.56. The van der Waals surface area contributed by atoms with Crippen LogP contribution >= 0.6 is 0 Å². The van der Waals surface area contributed by atoms with E-state index in [0.717, 1.165) is 17.3 Å². The number of piperazine rings is 1. The molecule has 3 aromatic carbocycles. The number of hydrogen-bond donors (Lipinski definition) is 0. The SMILES string of the molecule is COC[C@H]1CN(C(=O)c2cncc3ccccc23)CCN1C(c1ccccc1)c1ccccc1. The Morgan fingerprint density at radius 1 is 0.912 bits per heavy atom. The fraction of sp³-hybridized carbons (Fsp3) is 0.241. The van der Waals surface area contributed by atoms with Gasteiger partial charge in [0.1, 0.15) is 0 Å². The first-order valence-electron chi connectivity index (χ1n) is 11.7. The Hall–Kier alpha value is -3.54. The number of ether oxygens (including phenoxy) is 1. The van der Waals surface area contributed by atoms with Crippen molar-refractivity contribution in [2.75, 3.05) is 33.4 Å². The summed E-state index contributed by atoms with van der Waals surface area (Å²) in [4.78, 5) is 22.4. The van der Waals surface area contributed by atoms with Crippen molar-refractivity contribution in [3.63, 3.8) is 0 Å². The van der Waals surface area contributed by atoms with Crippen LogP contribution in [0.4, 0.5) is 0 Å². The van der Waals surface area contributed by atoms with Crippen LogP contribution < -0.4 is 0 Å². The minimum atomic E-state index is 0.0287. The highest BCUT2D eigenvalue weighted by atomic mass is 16.5. The predicted octanol–water partition coefficient (Wildman–Crippen LogP) is 4.80. The summed E-state index contributed by atoms with van der Waals surface area (Å²) in [5, 5.41) is 1.92. The molecule has 2 heterocycles. The lowest BCUT2D eigenvalue weighted by Gasteiger charge is -2.45. The topological polar surface area (TPSA) is 45.7 Å². The molecule has 1 atom stereocenters. The van der Waals surface area contributed by atoms with E-state index >= 15 is 0 Å². The van der Waals surface area contributed by atoms with Gasteiger partial charge in [0.05, 0.1) is 24.3 Å². The van der Waals surface area contributed by atoms with Crippen molar-refractivity contribution in [2.24, 2.45) is 0 Å². The molecule has 0 saturated carbocycles. The fourth-order valence-electron chi connectivity index (χ4n) is 5.04. The molecule has 0 unspecified atom stereocenters. The lowest BCUT2D eigenvalue weighted by atomic mass is 9.94. The minimum absolute atomic E-state index is 0.0287. The van der Waals surface area contributed by atoms with E-state index in [1.807, 2.05) is 47.5 Å².